The van der Waals surface area contributed by atoms with E-state index in [4.69, 9.17) is 14.2 Å². The van der Waals surface area contributed by atoms with Gasteiger partial charge in [0.05, 0.1) is 26.5 Å². The summed E-state index contributed by atoms with van der Waals surface area (Å²) in [6.07, 6.45) is 0.973. The molecule has 1 aliphatic heterocycles. The molecule has 30 heavy (non-hydrogen) atoms. The first-order valence-corrected chi connectivity index (χ1v) is 10.5. The Morgan fingerprint density at radius 2 is 1.63 bits per heavy atom. The molecule has 0 bridgehead atoms. The summed E-state index contributed by atoms with van der Waals surface area (Å²) in [5.41, 5.74) is 1.69. The fraction of sp³-hybridized carbons (Fsp3) is 0.458. The van der Waals surface area contributed by atoms with Crippen LogP contribution in [0.3, 0.4) is 0 Å². The molecular formula is C24H32N2O4. The predicted octanol–water partition coefficient (Wildman–Crippen LogP) is 4.09. The van der Waals surface area contributed by atoms with Crippen LogP contribution in [0.5, 0.6) is 17.2 Å². The van der Waals surface area contributed by atoms with Crippen LogP contribution in [0.25, 0.3) is 0 Å². The first-order valence-electron chi connectivity index (χ1n) is 10.5. The minimum atomic E-state index is 0.0155. The monoisotopic (exact) mass is 412 g/mol. The summed E-state index contributed by atoms with van der Waals surface area (Å²) >= 11 is 0. The van der Waals surface area contributed by atoms with Crippen molar-refractivity contribution in [3.63, 3.8) is 0 Å². The highest BCUT2D eigenvalue weighted by Crippen LogP contribution is 2.30. The molecule has 0 atom stereocenters. The zero-order chi connectivity index (χ0) is 21.5. The van der Waals surface area contributed by atoms with Gasteiger partial charge in [0, 0.05) is 31.7 Å². The maximum atomic E-state index is 13.0. The molecule has 0 aliphatic carbocycles. The van der Waals surface area contributed by atoms with Gasteiger partial charge in [0.25, 0.3) is 5.91 Å². The lowest BCUT2D eigenvalue weighted by molar-refractivity contribution is 0.0746. The van der Waals surface area contributed by atoms with Gasteiger partial charge in [-0.05, 0) is 42.7 Å². The molecule has 162 valence electrons. The first kappa shape index (κ1) is 21.8. The summed E-state index contributed by atoms with van der Waals surface area (Å²) < 4.78 is 16.8. The van der Waals surface area contributed by atoms with Crippen molar-refractivity contribution < 1.29 is 19.0 Å². The van der Waals surface area contributed by atoms with E-state index in [0.717, 1.165) is 30.9 Å². The molecule has 2 aromatic carbocycles. The topological polar surface area (TPSA) is 51.2 Å². The van der Waals surface area contributed by atoms with Crippen LogP contribution >= 0.6 is 0 Å². The summed E-state index contributed by atoms with van der Waals surface area (Å²) in [6, 6.07) is 13.4. The molecular weight excluding hydrogens is 380 g/mol. The Morgan fingerprint density at radius 1 is 0.933 bits per heavy atom. The third-order valence-electron chi connectivity index (χ3n) is 5.36. The van der Waals surface area contributed by atoms with Gasteiger partial charge in [0.1, 0.15) is 5.75 Å². The van der Waals surface area contributed by atoms with Gasteiger partial charge in [-0.3, -0.25) is 4.79 Å². The molecule has 0 saturated carbocycles. The Labute approximate surface area is 179 Å². The van der Waals surface area contributed by atoms with E-state index in [1.165, 1.54) is 0 Å². The van der Waals surface area contributed by atoms with Gasteiger partial charge in [-0.15, -0.1) is 0 Å². The van der Waals surface area contributed by atoms with E-state index >= 15 is 0 Å². The molecule has 1 aliphatic rings. The molecule has 0 spiro atoms. The Bertz CT molecular complexity index is 845. The summed E-state index contributed by atoms with van der Waals surface area (Å²) in [4.78, 5) is 17.2. The van der Waals surface area contributed by atoms with E-state index in [1.54, 1.807) is 20.3 Å². The molecule has 6 nitrogen and oxygen atoms in total. The summed E-state index contributed by atoms with van der Waals surface area (Å²) in [5.74, 6) is 2.72. The zero-order valence-electron chi connectivity index (χ0n) is 18.4. The van der Waals surface area contributed by atoms with Gasteiger partial charge >= 0.3 is 0 Å². The minimum Gasteiger partial charge on any atom is -0.495 e. The quantitative estimate of drug-likeness (QED) is 0.654. The number of para-hydroxylation sites is 2. The molecule has 3 rings (SSSR count). The average molecular weight is 413 g/mol. The van der Waals surface area contributed by atoms with Crippen molar-refractivity contribution in [1.82, 2.24) is 4.90 Å². The van der Waals surface area contributed by atoms with Crippen LogP contribution in [0.1, 0.15) is 30.6 Å². The third kappa shape index (κ3) is 5.17. The molecule has 2 aromatic rings. The van der Waals surface area contributed by atoms with Crippen molar-refractivity contribution in [3.8, 4) is 17.2 Å². The lowest BCUT2D eigenvalue weighted by Gasteiger charge is -2.36. The van der Waals surface area contributed by atoms with Crippen molar-refractivity contribution in [2.75, 3.05) is 51.9 Å². The number of anilines is 1. The van der Waals surface area contributed by atoms with Crippen LogP contribution in [-0.2, 0) is 0 Å². The van der Waals surface area contributed by atoms with Crippen LogP contribution < -0.4 is 19.1 Å². The standard InChI is InChI=1S/C24H32N2O4/c1-18(2)11-16-30-22-10-9-19(17-23(22)29-4)24(27)26-14-12-25(13-15-26)20-7-5-6-8-21(20)28-3/h5-10,17-18H,11-16H2,1-4H3. The van der Waals surface area contributed by atoms with E-state index < -0.39 is 0 Å². The van der Waals surface area contributed by atoms with Crippen LogP contribution in [0, 0.1) is 5.92 Å². The number of amides is 1. The summed E-state index contributed by atoms with van der Waals surface area (Å²) in [5, 5.41) is 0. The number of methoxy groups -OCH3 is 2. The zero-order valence-corrected chi connectivity index (χ0v) is 18.4. The molecule has 0 radical (unpaired) electrons. The van der Waals surface area contributed by atoms with E-state index in [1.807, 2.05) is 35.2 Å². The Hall–Kier alpha value is -2.89. The highest BCUT2D eigenvalue weighted by atomic mass is 16.5. The van der Waals surface area contributed by atoms with Crippen LogP contribution in [0.2, 0.25) is 0 Å². The normalized spacial score (nSPS) is 14.0. The van der Waals surface area contributed by atoms with Gasteiger partial charge in [-0.25, -0.2) is 0 Å². The van der Waals surface area contributed by atoms with Crippen LogP contribution in [-0.4, -0.2) is 57.8 Å². The van der Waals surface area contributed by atoms with Crippen molar-refractivity contribution in [2.45, 2.75) is 20.3 Å². The average Bonchev–Trinajstić information content (AvgIpc) is 2.78. The third-order valence-corrected chi connectivity index (χ3v) is 5.36. The van der Waals surface area contributed by atoms with E-state index in [0.29, 0.717) is 42.7 Å². The van der Waals surface area contributed by atoms with Gasteiger partial charge in [0.2, 0.25) is 0 Å². The fourth-order valence-corrected chi connectivity index (χ4v) is 3.55. The molecule has 0 aromatic heterocycles. The number of rotatable bonds is 8. The number of carbonyl (C=O) groups excluding carboxylic acids is 1. The summed E-state index contributed by atoms with van der Waals surface area (Å²) in [6.45, 7) is 7.80. The number of ether oxygens (including phenoxy) is 3. The Balaban J connectivity index is 1.63. The number of benzene rings is 2. The van der Waals surface area contributed by atoms with Crippen molar-refractivity contribution in [3.05, 3.63) is 48.0 Å². The van der Waals surface area contributed by atoms with Gasteiger partial charge in [-0.1, -0.05) is 26.0 Å². The molecule has 1 saturated heterocycles. The molecule has 1 amide bonds. The highest BCUT2D eigenvalue weighted by molar-refractivity contribution is 5.95. The number of carbonyl (C=O) groups is 1. The second-order valence-electron chi connectivity index (χ2n) is 7.85. The Kier molecular flexibility index (Phi) is 7.44. The molecule has 0 N–H and O–H groups in total. The number of piperazine rings is 1. The molecule has 1 fully saturated rings. The van der Waals surface area contributed by atoms with Crippen LogP contribution in [0.15, 0.2) is 42.5 Å². The summed E-state index contributed by atoms with van der Waals surface area (Å²) in [7, 11) is 3.28. The maximum absolute atomic E-state index is 13.0. The SMILES string of the molecule is COc1cc(C(=O)N2CCN(c3ccccc3OC)CC2)ccc1OCCC(C)C. The first-order chi connectivity index (χ1) is 14.5. The van der Waals surface area contributed by atoms with Gasteiger partial charge in [0.15, 0.2) is 11.5 Å². The van der Waals surface area contributed by atoms with E-state index in [9.17, 15) is 4.79 Å². The highest BCUT2D eigenvalue weighted by Gasteiger charge is 2.24. The molecule has 0 unspecified atom stereocenters. The van der Waals surface area contributed by atoms with Gasteiger partial charge in [-0.2, -0.15) is 0 Å². The Morgan fingerprint density at radius 3 is 2.30 bits per heavy atom. The second-order valence-corrected chi connectivity index (χ2v) is 7.85. The lowest BCUT2D eigenvalue weighted by atomic mass is 10.1. The van der Waals surface area contributed by atoms with Crippen molar-refractivity contribution in [2.24, 2.45) is 5.92 Å². The maximum Gasteiger partial charge on any atom is 0.254 e. The van der Waals surface area contributed by atoms with Crippen molar-refractivity contribution in [1.29, 1.82) is 0 Å². The van der Waals surface area contributed by atoms with E-state index in [-0.39, 0.29) is 5.91 Å². The minimum absolute atomic E-state index is 0.0155. The van der Waals surface area contributed by atoms with Crippen LogP contribution in [0.4, 0.5) is 5.69 Å². The largest absolute Gasteiger partial charge is 0.495 e. The van der Waals surface area contributed by atoms with E-state index in [2.05, 4.69) is 24.8 Å². The number of hydrogen-bond donors (Lipinski definition) is 0. The van der Waals surface area contributed by atoms with Crippen molar-refractivity contribution >= 4 is 11.6 Å². The fourth-order valence-electron chi connectivity index (χ4n) is 3.55. The number of hydrogen-bond acceptors (Lipinski definition) is 5. The molecule has 1 heterocycles. The smallest absolute Gasteiger partial charge is 0.254 e. The lowest BCUT2D eigenvalue weighted by Crippen LogP contribution is -2.48. The van der Waals surface area contributed by atoms with Gasteiger partial charge < -0.3 is 24.0 Å². The number of nitrogens with zero attached hydrogens (tertiary/aromatic N) is 2. The predicted molar refractivity (Wildman–Crippen MR) is 119 cm³/mol. The molecule has 6 heteroatoms. The second kappa shape index (κ2) is 10.2.